The molecule has 1 aromatic rings. The van der Waals surface area contributed by atoms with Gasteiger partial charge in [-0.2, -0.15) is 23.3 Å². The summed E-state index contributed by atoms with van der Waals surface area (Å²) in [4.78, 5) is 32.0. The maximum Gasteiger partial charge on any atom is 0.418 e. The van der Waals surface area contributed by atoms with Gasteiger partial charge in [-0.15, -0.1) is 0 Å². The number of amidine groups is 2. The number of hydrogen-bond acceptors (Lipinski definition) is 7. The molecule has 0 saturated heterocycles. The average Bonchev–Trinajstić information content (AvgIpc) is 3.03. The number of carbonyl (C=O) groups is 2. The van der Waals surface area contributed by atoms with Crippen molar-refractivity contribution < 1.29 is 27.9 Å². The maximum absolute atomic E-state index is 13.0. The van der Waals surface area contributed by atoms with E-state index in [1.165, 1.54) is 23.4 Å². The lowest BCUT2D eigenvalue weighted by Crippen LogP contribution is -2.35. The first kappa shape index (κ1) is 20.0. The number of anilines is 1. The highest BCUT2D eigenvalue weighted by Gasteiger charge is 2.36. The molecule has 0 saturated carbocycles. The van der Waals surface area contributed by atoms with Crippen molar-refractivity contribution in [2.24, 2.45) is 21.0 Å². The third-order valence-corrected chi connectivity index (χ3v) is 4.58. The van der Waals surface area contributed by atoms with Gasteiger partial charge in [0, 0.05) is 6.21 Å². The number of para-hydroxylation sites is 1. The zero-order valence-electron chi connectivity index (χ0n) is 14.2. The number of alkyl halides is 3. The summed E-state index contributed by atoms with van der Waals surface area (Å²) < 4.78 is 38.9. The number of aliphatic imine (C=N–C) groups is 2. The van der Waals surface area contributed by atoms with Gasteiger partial charge in [0.05, 0.1) is 30.2 Å². The molecule has 2 aliphatic heterocycles. The van der Waals surface area contributed by atoms with Gasteiger partial charge in [-0.1, -0.05) is 23.9 Å². The molecule has 0 radical (unpaired) electrons. The Labute approximate surface area is 161 Å². The van der Waals surface area contributed by atoms with E-state index in [1.54, 1.807) is 0 Å². The lowest BCUT2D eigenvalue weighted by atomic mass is 10.1. The molecule has 1 atom stereocenters. The molecule has 2 aliphatic rings. The third kappa shape index (κ3) is 4.39. The van der Waals surface area contributed by atoms with Crippen molar-refractivity contribution in [2.75, 3.05) is 24.2 Å². The van der Waals surface area contributed by atoms with Crippen LogP contribution in [0.5, 0.6) is 0 Å². The van der Waals surface area contributed by atoms with Crippen LogP contribution in [0.2, 0.25) is 0 Å². The summed E-state index contributed by atoms with van der Waals surface area (Å²) in [7, 11) is 0. The summed E-state index contributed by atoms with van der Waals surface area (Å²) in [6.07, 6.45) is -3.24. The minimum atomic E-state index is -4.60. The van der Waals surface area contributed by atoms with Gasteiger partial charge in [0.25, 0.3) is 5.91 Å². The molecule has 0 spiro atoms. The van der Waals surface area contributed by atoms with E-state index >= 15 is 0 Å². The highest BCUT2D eigenvalue weighted by Crippen LogP contribution is 2.34. The van der Waals surface area contributed by atoms with Crippen LogP contribution in [-0.4, -0.2) is 58.1 Å². The normalized spacial score (nSPS) is 18.6. The standard InChI is InChI=1S/C16H14F3N5O3S/c17-16(18,19)10-3-1-2-4-11(10)21-12(26)8-28-15-22-13-9(14(27)23-15)7-20-24(13)5-6-25/h1-4,7,9,25H,5-6,8H2,(H,21,26). The maximum atomic E-state index is 13.0. The molecule has 1 aromatic carbocycles. The summed E-state index contributed by atoms with van der Waals surface area (Å²) in [5.74, 6) is -1.95. The number of β-amino-alcohol motifs (C(OH)–C–C–N with tert-alkyl or cyclic N) is 1. The lowest BCUT2D eigenvalue weighted by Gasteiger charge is -2.19. The SMILES string of the molecule is O=C(CSC1=NC(=O)C2C=NN(CCO)C2=N1)Nc1ccccc1C(F)(F)F. The van der Waals surface area contributed by atoms with Crippen molar-refractivity contribution in [3.05, 3.63) is 29.8 Å². The Morgan fingerprint density at radius 2 is 2.04 bits per heavy atom. The first-order valence-electron chi connectivity index (χ1n) is 8.02. The fourth-order valence-corrected chi connectivity index (χ4v) is 3.15. The lowest BCUT2D eigenvalue weighted by molar-refractivity contribution is -0.137. The van der Waals surface area contributed by atoms with Crippen LogP contribution in [0, 0.1) is 5.92 Å². The van der Waals surface area contributed by atoms with Crippen molar-refractivity contribution in [1.82, 2.24) is 5.01 Å². The zero-order chi connectivity index (χ0) is 20.3. The van der Waals surface area contributed by atoms with Crippen LogP contribution in [-0.2, 0) is 15.8 Å². The van der Waals surface area contributed by atoms with Gasteiger partial charge >= 0.3 is 6.18 Å². The van der Waals surface area contributed by atoms with Crippen molar-refractivity contribution in [3.63, 3.8) is 0 Å². The fourth-order valence-electron chi connectivity index (χ4n) is 2.51. The van der Waals surface area contributed by atoms with Gasteiger partial charge < -0.3 is 10.4 Å². The van der Waals surface area contributed by atoms with E-state index in [9.17, 15) is 22.8 Å². The van der Waals surface area contributed by atoms with Crippen molar-refractivity contribution in [1.29, 1.82) is 0 Å². The first-order chi connectivity index (χ1) is 13.3. The van der Waals surface area contributed by atoms with Crippen LogP contribution in [0.15, 0.2) is 39.4 Å². The largest absolute Gasteiger partial charge is 0.418 e. The number of nitrogens with zero attached hydrogens (tertiary/aromatic N) is 4. The van der Waals surface area contributed by atoms with Crippen molar-refractivity contribution >= 4 is 46.5 Å². The molecule has 0 bridgehead atoms. The van der Waals surface area contributed by atoms with Crippen LogP contribution in [0.1, 0.15) is 5.56 Å². The monoisotopic (exact) mass is 413 g/mol. The fraction of sp³-hybridized carbons (Fsp3) is 0.312. The molecule has 2 N–H and O–H groups in total. The smallest absolute Gasteiger partial charge is 0.394 e. The minimum absolute atomic E-state index is 0.00365. The molecular formula is C16H14F3N5O3S. The van der Waals surface area contributed by atoms with Crippen LogP contribution in [0.3, 0.4) is 0 Å². The average molecular weight is 413 g/mol. The molecule has 1 unspecified atom stereocenters. The second kappa shape index (κ2) is 8.10. The second-order valence-corrected chi connectivity index (χ2v) is 6.61. The molecule has 3 rings (SSSR count). The minimum Gasteiger partial charge on any atom is -0.394 e. The number of aliphatic hydroxyl groups is 1. The molecule has 28 heavy (non-hydrogen) atoms. The van der Waals surface area contributed by atoms with Gasteiger partial charge in [0.1, 0.15) is 11.8 Å². The predicted molar refractivity (Wildman–Crippen MR) is 98.2 cm³/mol. The molecule has 8 nitrogen and oxygen atoms in total. The van der Waals surface area contributed by atoms with Gasteiger partial charge in [0.15, 0.2) is 5.17 Å². The highest BCUT2D eigenvalue weighted by molar-refractivity contribution is 8.14. The molecule has 0 aliphatic carbocycles. The summed E-state index contributed by atoms with van der Waals surface area (Å²) in [6.45, 7) is -0.0519. The van der Waals surface area contributed by atoms with Gasteiger partial charge in [-0.05, 0) is 12.1 Å². The number of aliphatic hydroxyl groups excluding tert-OH is 1. The number of hydrogen-bond donors (Lipinski definition) is 2. The van der Waals surface area contributed by atoms with E-state index in [0.717, 1.165) is 23.9 Å². The Bertz CT molecular complexity index is 885. The van der Waals surface area contributed by atoms with E-state index in [-0.39, 0.29) is 29.8 Å². The van der Waals surface area contributed by atoms with Crippen molar-refractivity contribution in [2.45, 2.75) is 6.18 Å². The summed E-state index contributed by atoms with van der Waals surface area (Å²) in [5.41, 5.74) is -1.31. The van der Waals surface area contributed by atoms with Crippen molar-refractivity contribution in [3.8, 4) is 0 Å². The topological polar surface area (TPSA) is 107 Å². The Balaban J connectivity index is 1.64. The van der Waals surface area contributed by atoms with E-state index in [0.29, 0.717) is 5.84 Å². The zero-order valence-corrected chi connectivity index (χ0v) is 15.0. The van der Waals surface area contributed by atoms with Crippen LogP contribution in [0.4, 0.5) is 18.9 Å². The molecule has 0 fully saturated rings. The third-order valence-electron chi connectivity index (χ3n) is 3.73. The Kier molecular flexibility index (Phi) is 5.79. The van der Waals surface area contributed by atoms with Crippen LogP contribution >= 0.6 is 11.8 Å². The summed E-state index contributed by atoms with van der Waals surface area (Å²) >= 11 is 0.815. The van der Waals surface area contributed by atoms with E-state index in [1.807, 2.05) is 0 Å². The van der Waals surface area contributed by atoms with E-state index in [4.69, 9.17) is 5.11 Å². The van der Waals surface area contributed by atoms with Gasteiger partial charge in [-0.25, -0.2) is 10.0 Å². The highest BCUT2D eigenvalue weighted by atomic mass is 32.2. The Morgan fingerprint density at radius 1 is 1.29 bits per heavy atom. The first-order valence-corrected chi connectivity index (χ1v) is 9.00. The molecule has 2 heterocycles. The molecular weight excluding hydrogens is 399 g/mol. The number of amides is 2. The number of nitrogens with one attached hydrogen (secondary N) is 1. The Morgan fingerprint density at radius 3 is 2.75 bits per heavy atom. The quantitative estimate of drug-likeness (QED) is 0.762. The molecule has 148 valence electrons. The van der Waals surface area contributed by atoms with Crippen LogP contribution < -0.4 is 5.32 Å². The number of carbonyl (C=O) groups excluding carboxylic acids is 2. The van der Waals surface area contributed by atoms with Crippen LogP contribution in [0.25, 0.3) is 0 Å². The number of rotatable bonds is 5. The number of thioether (sulfide) groups is 1. The summed E-state index contributed by atoms with van der Waals surface area (Å²) in [5, 5.41) is 16.6. The number of halogens is 3. The molecule has 2 amide bonds. The number of fused-ring (bicyclic) bond motifs is 1. The van der Waals surface area contributed by atoms with E-state index < -0.39 is 29.5 Å². The Hall–Kier alpha value is -2.73. The molecule has 12 heteroatoms. The van der Waals surface area contributed by atoms with Gasteiger partial charge in [0.2, 0.25) is 5.91 Å². The van der Waals surface area contributed by atoms with E-state index in [2.05, 4.69) is 20.4 Å². The van der Waals surface area contributed by atoms with Gasteiger partial charge in [-0.3, -0.25) is 9.59 Å². The predicted octanol–water partition coefficient (Wildman–Crippen LogP) is 1.58. The number of benzene rings is 1. The molecule has 0 aromatic heterocycles. The number of hydrazone groups is 1. The summed E-state index contributed by atoms with van der Waals surface area (Å²) in [6, 6.07) is 4.63. The second-order valence-electron chi connectivity index (χ2n) is 5.67.